The third-order valence-corrected chi connectivity index (χ3v) is 5.50. The Morgan fingerprint density at radius 2 is 2.04 bits per heavy atom. The maximum atomic E-state index is 14.8. The molecule has 0 saturated carbocycles. The first kappa shape index (κ1) is 15.5. The van der Waals surface area contributed by atoms with Crippen molar-refractivity contribution in [1.82, 2.24) is 9.88 Å². The second-order valence-corrected chi connectivity index (χ2v) is 7.02. The second kappa shape index (κ2) is 5.78. The number of hydrogen-bond donors (Lipinski definition) is 2. The Balaban J connectivity index is 2.10. The van der Waals surface area contributed by atoms with Crippen LogP contribution in [0.25, 0.3) is 10.9 Å². The third-order valence-electron chi connectivity index (χ3n) is 4.49. The SMILES string of the molecule is O=C(O)c1cn2c3c(cc(F)c(N4CCNCC4)c3c1=O)SCC2. The molecule has 1 fully saturated rings. The van der Waals surface area contributed by atoms with Crippen LogP contribution in [0, 0.1) is 5.82 Å². The minimum Gasteiger partial charge on any atom is -0.477 e. The summed E-state index contributed by atoms with van der Waals surface area (Å²) in [7, 11) is 0. The molecule has 6 nitrogen and oxygen atoms in total. The Kier molecular flexibility index (Phi) is 3.73. The second-order valence-electron chi connectivity index (χ2n) is 5.88. The van der Waals surface area contributed by atoms with Crippen molar-refractivity contribution in [2.45, 2.75) is 11.4 Å². The Bertz CT molecular complexity index is 906. The molecule has 0 spiro atoms. The van der Waals surface area contributed by atoms with Gasteiger partial charge in [-0.3, -0.25) is 4.79 Å². The average Bonchev–Trinajstić information content (AvgIpc) is 2.58. The first-order chi connectivity index (χ1) is 11.6. The number of hydrogen-bond acceptors (Lipinski definition) is 5. The molecule has 0 bridgehead atoms. The van der Waals surface area contributed by atoms with Crippen LogP contribution in [0.3, 0.4) is 0 Å². The lowest BCUT2D eigenvalue weighted by molar-refractivity contribution is 0.0695. The summed E-state index contributed by atoms with van der Waals surface area (Å²) in [5, 5.41) is 12.8. The van der Waals surface area contributed by atoms with E-state index >= 15 is 0 Å². The molecule has 24 heavy (non-hydrogen) atoms. The molecular formula is C16H16FN3O3S. The van der Waals surface area contributed by atoms with E-state index in [4.69, 9.17) is 0 Å². The number of aromatic nitrogens is 1. The van der Waals surface area contributed by atoms with Crippen LogP contribution in [0.15, 0.2) is 22.0 Å². The van der Waals surface area contributed by atoms with E-state index in [0.29, 0.717) is 43.1 Å². The maximum Gasteiger partial charge on any atom is 0.341 e. The summed E-state index contributed by atoms with van der Waals surface area (Å²) in [6.45, 7) is 3.15. The number of pyridine rings is 1. The number of aryl methyl sites for hydroxylation is 1. The minimum atomic E-state index is -1.28. The van der Waals surface area contributed by atoms with E-state index in [1.54, 1.807) is 4.57 Å². The van der Waals surface area contributed by atoms with Crippen molar-refractivity contribution in [2.24, 2.45) is 0 Å². The first-order valence-corrected chi connectivity index (χ1v) is 8.78. The molecule has 3 heterocycles. The molecule has 1 saturated heterocycles. The third kappa shape index (κ3) is 2.29. The molecule has 2 aliphatic rings. The number of aromatic carboxylic acids is 1. The van der Waals surface area contributed by atoms with Crippen LogP contribution in [0.5, 0.6) is 0 Å². The number of carboxylic acids is 1. The van der Waals surface area contributed by atoms with Gasteiger partial charge >= 0.3 is 5.97 Å². The lowest BCUT2D eigenvalue weighted by Gasteiger charge is -2.32. The molecule has 126 valence electrons. The number of nitrogens with one attached hydrogen (secondary N) is 1. The summed E-state index contributed by atoms with van der Waals surface area (Å²) in [6, 6.07) is 1.47. The van der Waals surface area contributed by atoms with Gasteiger partial charge in [0, 0.05) is 49.6 Å². The number of piperazine rings is 1. The normalized spacial score (nSPS) is 17.3. The molecular weight excluding hydrogens is 333 g/mol. The van der Waals surface area contributed by atoms with Crippen LogP contribution in [-0.4, -0.2) is 47.6 Å². The predicted molar refractivity (Wildman–Crippen MR) is 90.9 cm³/mol. The number of benzene rings is 1. The van der Waals surface area contributed by atoms with E-state index in [9.17, 15) is 19.1 Å². The summed E-state index contributed by atoms with van der Waals surface area (Å²) in [5.74, 6) is -1.02. The van der Waals surface area contributed by atoms with Crippen molar-refractivity contribution < 1.29 is 14.3 Å². The summed E-state index contributed by atoms with van der Waals surface area (Å²) >= 11 is 1.50. The van der Waals surface area contributed by atoms with E-state index in [2.05, 4.69) is 5.32 Å². The number of carboxylic acid groups (broad SMARTS) is 1. The van der Waals surface area contributed by atoms with Crippen molar-refractivity contribution >= 4 is 34.3 Å². The molecule has 0 unspecified atom stereocenters. The van der Waals surface area contributed by atoms with E-state index in [0.717, 1.165) is 5.75 Å². The number of rotatable bonds is 2. The van der Waals surface area contributed by atoms with Crippen molar-refractivity contribution in [3.05, 3.63) is 33.9 Å². The van der Waals surface area contributed by atoms with Crippen LogP contribution < -0.4 is 15.6 Å². The van der Waals surface area contributed by atoms with E-state index in [-0.39, 0.29) is 16.6 Å². The Morgan fingerprint density at radius 1 is 1.29 bits per heavy atom. The van der Waals surface area contributed by atoms with Crippen LogP contribution in [0.2, 0.25) is 0 Å². The van der Waals surface area contributed by atoms with Gasteiger partial charge in [0.1, 0.15) is 11.4 Å². The fourth-order valence-corrected chi connectivity index (χ4v) is 4.46. The molecule has 0 aliphatic carbocycles. The summed E-state index contributed by atoms with van der Waals surface area (Å²) in [4.78, 5) is 26.8. The van der Waals surface area contributed by atoms with E-state index in [1.165, 1.54) is 24.0 Å². The van der Waals surface area contributed by atoms with E-state index in [1.807, 2.05) is 4.90 Å². The zero-order valence-electron chi connectivity index (χ0n) is 12.8. The Morgan fingerprint density at radius 3 is 2.75 bits per heavy atom. The molecule has 4 rings (SSSR count). The Labute approximate surface area is 141 Å². The highest BCUT2D eigenvalue weighted by Gasteiger charge is 2.27. The van der Waals surface area contributed by atoms with Gasteiger partial charge in [-0.1, -0.05) is 0 Å². The predicted octanol–water partition coefficient (Wildman–Crippen LogP) is 1.35. The fourth-order valence-electron chi connectivity index (χ4n) is 3.41. The van der Waals surface area contributed by atoms with Crippen molar-refractivity contribution in [3.8, 4) is 0 Å². The number of carbonyl (C=O) groups is 1. The number of halogens is 1. The van der Waals surface area contributed by atoms with Crippen molar-refractivity contribution in [1.29, 1.82) is 0 Å². The van der Waals surface area contributed by atoms with E-state index < -0.39 is 17.2 Å². The van der Waals surface area contributed by atoms with Crippen molar-refractivity contribution in [2.75, 3.05) is 36.8 Å². The number of thioether (sulfide) groups is 1. The largest absolute Gasteiger partial charge is 0.477 e. The van der Waals surface area contributed by atoms with Gasteiger partial charge in [0.25, 0.3) is 0 Å². The lowest BCUT2D eigenvalue weighted by atomic mass is 10.1. The quantitative estimate of drug-likeness (QED) is 0.853. The van der Waals surface area contributed by atoms with Crippen molar-refractivity contribution in [3.63, 3.8) is 0 Å². The minimum absolute atomic E-state index is 0.194. The zero-order valence-corrected chi connectivity index (χ0v) is 13.7. The molecule has 1 aromatic carbocycles. The number of nitrogens with zero attached hydrogens (tertiary/aromatic N) is 2. The first-order valence-electron chi connectivity index (χ1n) is 7.79. The van der Waals surface area contributed by atoms with Crippen LogP contribution in [0.1, 0.15) is 10.4 Å². The maximum absolute atomic E-state index is 14.8. The van der Waals surface area contributed by atoms with Gasteiger partial charge in [-0.15, -0.1) is 11.8 Å². The summed E-state index contributed by atoms with van der Waals surface area (Å²) < 4.78 is 16.6. The highest BCUT2D eigenvalue weighted by atomic mass is 32.2. The van der Waals surface area contributed by atoms with Gasteiger partial charge in [0.15, 0.2) is 0 Å². The van der Waals surface area contributed by atoms with Gasteiger partial charge in [-0.05, 0) is 6.07 Å². The molecule has 0 atom stereocenters. The molecule has 2 N–H and O–H groups in total. The van der Waals surface area contributed by atoms with Gasteiger partial charge in [-0.25, -0.2) is 9.18 Å². The summed E-state index contributed by atoms with van der Waals surface area (Å²) in [6.07, 6.45) is 1.38. The van der Waals surface area contributed by atoms with Gasteiger partial charge < -0.3 is 19.9 Å². The van der Waals surface area contributed by atoms with Gasteiger partial charge in [0.05, 0.1) is 16.6 Å². The molecule has 0 radical (unpaired) electrons. The van der Waals surface area contributed by atoms with Crippen LogP contribution >= 0.6 is 11.8 Å². The lowest BCUT2D eigenvalue weighted by Crippen LogP contribution is -2.44. The molecule has 2 aromatic rings. The molecule has 8 heteroatoms. The monoisotopic (exact) mass is 349 g/mol. The van der Waals surface area contributed by atoms with Gasteiger partial charge in [0.2, 0.25) is 5.43 Å². The molecule has 2 aliphatic heterocycles. The highest BCUT2D eigenvalue weighted by Crippen LogP contribution is 2.38. The van der Waals surface area contributed by atoms with Crippen LogP contribution in [-0.2, 0) is 6.54 Å². The highest BCUT2D eigenvalue weighted by molar-refractivity contribution is 7.99. The topological polar surface area (TPSA) is 74.6 Å². The fraction of sp³-hybridized carbons (Fsp3) is 0.375. The van der Waals surface area contributed by atoms with Crippen LogP contribution in [0.4, 0.5) is 10.1 Å². The number of anilines is 1. The molecule has 1 aromatic heterocycles. The Hall–Kier alpha value is -2.06. The van der Waals surface area contributed by atoms with Gasteiger partial charge in [-0.2, -0.15) is 0 Å². The molecule has 0 amide bonds. The zero-order chi connectivity index (χ0) is 16.8. The average molecular weight is 349 g/mol. The smallest absolute Gasteiger partial charge is 0.341 e. The standard InChI is InChI=1S/C16H16FN3O3S/c17-10-7-11-14-12(13(10)19-3-1-18-2-4-19)15(21)9(16(22)23)8-20(14)5-6-24-11/h7-8,18H,1-6H2,(H,22,23). The summed E-state index contributed by atoms with van der Waals surface area (Å²) in [5.41, 5.74) is -0.0244.